The van der Waals surface area contributed by atoms with Gasteiger partial charge in [-0.15, -0.1) is 0 Å². The standard InChI is InChI=1S/C25H27F3N6O5S/c1-15(2)34-21-12-19(6-5-17(21)13-29-34)33(25(37)32-7-9-40(38,39)10-8-32)14-18-4-3-16(11-20(18)26)23(35)30-31-24(36)22(27)28/h3-6,11-13,15,22H,7-10,14H2,1-2H3,(H,30,35)(H,31,36). The molecule has 1 aliphatic heterocycles. The van der Waals surface area contributed by atoms with Crippen molar-refractivity contribution in [3.63, 3.8) is 0 Å². The summed E-state index contributed by atoms with van der Waals surface area (Å²) in [6.07, 6.45) is -1.66. The Labute approximate surface area is 227 Å². The molecule has 214 valence electrons. The van der Waals surface area contributed by atoms with E-state index in [1.54, 1.807) is 34.5 Å². The monoisotopic (exact) mass is 580 g/mol. The zero-order valence-electron chi connectivity index (χ0n) is 21.6. The molecule has 0 spiro atoms. The lowest BCUT2D eigenvalue weighted by Gasteiger charge is -2.33. The lowest BCUT2D eigenvalue weighted by molar-refractivity contribution is -0.132. The van der Waals surface area contributed by atoms with Crippen molar-refractivity contribution in [1.82, 2.24) is 25.5 Å². The molecular weight excluding hydrogens is 553 g/mol. The van der Waals surface area contributed by atoms with Crippen molar-refractivity contribution in [1.29, 1.82) is 0 Å². The quantitative estimate of drug-likeness (QED) is 0.431. The molecule has 4 rings (SSSR count). The van der Waals surface area contributed by atoms with Gasteiger partial charge in [-0.2, -0.15) is 13.9 Å². The number of fused-ring (bicyclic) bond motifs is 1. The smallest absolute Gasteiger partial charge is 0.322 e. The Hall–Kier alpha value is -4.14. The molecule has 2 aromatic carbocycles. The van der Waals surface area contributed by atoms with Crippen LogP contribution in [0.1, 0.15) is 35.8 Å². The number of carbonyl (C=O) groups is 3. The van der Waals surface area contributed by atoms with E-state index in [0.717, 1.165) is 17.0 Å². The minimum atomic E-state index is -3.35. The first kappa shape index (κ1) is 28.9. The molecule has 0 aliphatic carbocycles. The van der Waals surface area contributed by atoms with E-state index < -0.39 is 39.9 Å². The van der Waals surface area contributed by atoms with Crippen molar-refractivity contribution in [3.8, 4) is 0 Å². The Bertz CT molecular complexity index is 1550. The van der Waals surface area contributed by atoms with E-state index in [1.807, 2.05) is 13.8 Å². The molecule has 1 saturated heterocycles. The average molecular weight is 581 g/mol. The third-order valence-corrected chi connectivity index (χ3v) is 7.98. The molecule has 11 nitrogen and oxygen atoms in total. The van der Waals surface area contributed by atoms with Gasteiger partial charge in [0.25, 0.3) is 5.91 Å². The molecule has 1 fully saturated rings. The predicted molar refractivity (Wildman–Crippen MR) is 140 cm³/mol. The van der Waals surface area contributed by atoms with Gasteiger partial charge in [-0.05, 0) is 44.2 Å². The lowest BCUT2D eigenvalue weighted by atomic mass is 10.1. The minimum Gasteiger partial charge on any atom is -0.322 e. The Kier molecular flexibility index (Phi) is 8.32. The highest BCUT2D eigenvalue weighted by Gasteiger charge is 2.30. The molecule has 3 aromatic rings. The third-order valence-electron chi connectivity index (χ3n) is 6.37. The topological polar surface area (TPSA) is 134 Å². The number of nitrogens with zero attached hydrogens (tertiary/aromatic N) is 4. The van der Waals surface area contributed by atoms with Crippen molar-refractivity contribution in [2.45, 2.75) is 32.9 Å². The molecule has 0 radical (unpaired) electrons. The van der Waals surface area contributed by atoms with Gasteiger partial charge in [0.15, 0.2) is 9.84 Å². The maximum Gasteiger partial charge on any atom is 0.324 e. The fraction of sp³-hybridized carbons (Fsp3) is 0.360. The summed E-state index contributed by atoms with van der Waals surface area (Å²) in [6, 6.07) is 8.02. The molecule has 0 unspecified atom stereocenters. The number of hydrogen-bond donors (Lipinski definition) is 2. The molecule has 0 atom stereocenters. The molecular formula is C25H27F3N6O5S. The molecule has 2 heterocycles. The maximum absolute atomic E-state index is 15.2. The van der Waals surface area contributed by atoms with E-state index in [-0.39, 0.29) is 48.3 Å². The van der Waals surface area contributed by atoms with E-state index in [4.69, 9.17) is 0 Å². The predicted octanol–water partition coefficient (Wildman–Crippen LogP) is 2.64. The largest absolute Gasteiger partial charge is 0.324 e. The van der Waals surface area contributed by atoms with Crippen LogP contribution >= 0.6 is 0 Å². The number of amides is 4. The summed E-state index contributed by atoms with van der Waals surface area (Å²) < 4.78 is 65.4. The zero-order valence-corrected chi connectivity index (χ0v) is 22.4. The minimum absolute atomic E-state index is 0.0181. The average Bonchev–Trinajstić information content (AvgIpc) is 3.34. The molecule has 15 heteroatoms. The second-order valence-electron chi connectivity index (χ2n) is 9.48. The molecule has 0 bridgehead atoms. The molecule has 40 heavy (non-hydrogen) atoms. The summed E-state index contributed by atoms with van der Waals surface area (Å²) >= 11 is 0. The second-order valence-corrected chi connectivity index (χ2v) is 11.8. The second kappa shape index (κ2) is 11.5. The zero-order chi connectivity index (χ0) is 29.2. The Morgan fingerprint density at radius 1 is 1.05 bits per heavy atom. The van der Waals surface area contributed by atoms with Crippen LogP contribution in [-0.4, -0.2) is 72.0 Å². The summed E-state index contributed by atoms with van der Waals surface area (Å²) in [7, 11) is -3.26. The summed E-state index contributed by atoms with van der Waals surface area (Å²) in [6.45, 7) is 3.59. The summed E-state index contributed by atoms with van der Waals surface area (Å²) in [5.74, 6) is -3.98. The van der Waals surface area contributed by atoms with E-state index >= 15 is 4.39 Å². The number of hydrazine groups is 1. The number of carbonyl (C=O) groups excluding carboxylic acids is 3. The van der Waals surface area contributed by atoms with Crippen molar-refractivity contribution in [3.05, 3.63) is 59.5 Å². The number of halogens is 3. The van der Waals surface area contributed by atoms with Crippen LogP contribution in [0.15, 0.2) is 42.6 Å². The van der Waals surface area contributed by atoms with Crippen LogP contribution in [0.2, 0.25) is 0 Å². The van der Waals surface area contributed by atoms with Gasteiger partial charge in [-0.1, -0.05) is 6.07 Å². The third kappa shape index (κ3) is 6.35. The van der Waals surface area contributed by atoms with Gasteiger partial charge in [0.1, 0.15) is 5.82 Å². The number of sulfone groups is 1. The van der Waals surface area contributed by atoms with Gasteiger partial charge >= 0.3 is 18.4 Å². The van der Waals surface area contributed by atoms with E-state index in [2.05, 4.69) is 5.10 Å². The first-order valence-corrected chi connectivity index (χ1v) is 14.1. The molecule has 0 saturated carbocycles. The maximum atomic E-state index is 15.2. The summed E-state index contributed by atoms with van der Waals surface area (Å²) in [5, 5.41) is 5.20. The lowest BCUT2D eigenvalue weighted by Crippen LogP contribution is -2.49. The molecule has 2 N–H and O–H groups in total. The highest BCUT2D eigenvalue weighted by molar-refractivity contribution is 7.91. The van der Waals surface area contributed by atoms with Crippen LogP contribution < -0.4 is 15.8 Å². The number of aromatic nitrogens is 2. The number of anilines is 1. The van der Waals surface area contributed by atoms with Gasteiger partial charge in [-0.25, -0.2) is 17.6 Å². The highest BCUT2D eigenvalue weighted by atomic mass is 32.2. The first-order chi connectivity index (χ1) is 18.9. The van der Waals surface area contributed by atoms with Crippen LogP contribution in [0.3, 0.4) is 0 Å². The molecule has 4 amide bonds. The Morgan fingerprint density at radius 3 is 2.38 bits per heavy atom. The van der Waals surface area contributed by atoms with Gasteiger partial charge in [0.05, 0.1) is 29.8 Å². The van der Waals surface area contributed by atoms with Gasteiger partial charge in [-0.3, -0.25) is 30.0 Å². The SMILES string of the molecule is CC(C)n1ncc2ccc(N(Cc3ccc(C(=O)NNC(=O)C(F)F)cc3F)C(=O)N3CCS(=O)(=O)CC3)cc21. The first-order valence-electron chi connectivity index (χ1n) is 12.3. The summed E-state index contributed by atoms with van der Waals surface area (Å²) in [5.41, 5.74) is 4.25. The van der Waals surface area contributed by atoms with Crippen molar-refractivity contribution in [2.75, 3.05) is 29.5 Å². The number of alkyl halides is 2. The summed E-state index contributed by atoms with van der Waals surface area (Å²) in [4.78, 5) is 39.5. The van der Waals surface area contributed by atoms with Crippen molar-refractivity contribution < 1.29 is 36.0 Å². The van der Waals surface area contributed by atoms with E-state index in [1.165, 1.54) is 27.4 Å². The van der Waals surface area contributed by atoms with Gasteiger partial charge < -0.3 is 4.90 Å². The Morgan fingerprint density at radius 2 is 1.75 bits per heavy atom. The van der Waals surface area contributed by atoms with Gasteiger partial charge in [0.2, 0.25) is 0 Å². The van der Waals surface area contributed by atoms with E-state index in [0.29, 0.717) is 5.69 Å². The van der Waals surface area contributed by atoms with Crippen LogP contribution in [0.25, 0.3) is 10.9 Å². The van der Waals surface area contributed by atoms with Crippen LogP contribution in [0.4, 0.5) is 23.7 Å². The van der Waals surface area contributed by atoms with Crippen LogP contribution in [0.5, 0.6) is 0 Å². The molecule has 1 aliphatic rings. The Balaban J connectivity index is 1.64. The number of rotatable bonds is 6. The molecule has 1 aromatic heterocycles. The van der Waals surface area contributed by atoms with Crippen molar-refractivity contribution in [2.24, 2.45) is 0 Å². The van der Waals surface area contributed by atoms with Crippen LogP contribution in [-0.2, 0) is 21.2 Å². The fourth-order valence-corrected chi connectivity index (χ4v) is 5.38. The van der Waals surface area contributed by atoms with Gasteiger partial charge in [0, 0.05) is 41.3 Å². The number of benzene rings is 2. The number of nitrogens with one attached hydrogen (secondary N) is 2. The van der Waals surface area contributed by atoms with Crippen molar-refractivity contribution >= 4 is 44.3 Å². The number of hydrogen-bond acceptors (Lipinski definition) is 6. The highest BCUT2D eigenvalue weighted by Crippen LogP contribution is 2.27. The number of urea groups is 1. The van der Waals surface area contributed by atoms with Crippen LogP contribution in [0, 0.1) is 5.82 Å². The normalized spacial score (nSPS) is 14.9. The fourth-order valence-electron chi connectivity index (χ4n) is 4.18. The van der Waals surface area contributed by atoms with E-state index in [9.17, 15) is 31.6 Å².